The first kappa shape index (κ1) is 14.0. The van der Waals surface area contributed by atoms with Crippen molar-refractivity contribution in [2.75, 3.05) is 5.75 Å². The number of amides is 1. The largest absolute Gasteiger partial charge is 0.353 e. The summed E-state index contributed by atoms with van der Waals surface area (Å²) >= 11 is 1.36. The molecular weight excluding hydrogens is 238 g/mol. The summed E-state index contributed by atoms with van der Waals surface area (Å²) in [5, 5.41) is 15.0. The Labute approximate surface area is 106 Å². The zero-order valence-electron chi connectivity index (χ0n) is 10.7. The third kappa shape index (κ3) is 4.33. The van der Waals surface area contributed by atoms with E-state index in [-0.39, 0.29) is 18.0 Å². The molecule has 1 amide bonds. The van der Waals surface area contributed by atoms with Gasteiger partial charge in [0.15, 0.2) is 0 Å². The Morgan fingerprint density at radius 2 is 2.18 bits per heavy atom. The second kappa shape index (κ2) is 6.58. The highest BCUT2D eigenvalue weighted by molar-refractivity contribution is 7.99. The summed E-state index contributed by atoms with van der Waals surface area (Å²) in [6.45, 7) is 8.03. The molecule has 0 aliphatic rings. The maximum atomic E-state index is 11.6. The normalized spacial score (nSPS) is 12.8. The molecule has 17 heavy (non-hydrogen) atoms. The van der Waals surface area contributed by atoms with Gasteiger partial charge in [-0.3, -0.25) is 4.79 Å². The zero-order valence-corrected chi connectivity index (χ0v) is 11.5. The van der Waals surface area contributed by atoms with Crippen molar-refractivity contribution in [3.05, 3.63) is 0 Å². The number of nitrogens with zero attached hydrogens (tertiary/aromatic N) is 4. The van der Waals surface area contributed by atoms with Gasteiger partial charge in [-0.25, -0.2) is 4.68 Å². The summed E-state index contributed by atoms with van der Waals surface area (Å²) in [7, 11) is 0. The van der Waals surface area contributed by atoms with Crippen molar-refractivity contribution in [2.45, 2.75) is 51.4 Å². The van der Waals surface area contributed by atoms with Gasteiger partial charge in [0, 0.05) is 6.04 Å². The lowest BCUT2D eigenvalue weighted by atomic mass is 10.3. The maximum absolute atomic E-state index is 11.6. The van der Waals surface area contributed by atoms with Crippen LogP contribution in [-0.4, -0.2) is 37.9 Å². The Kier molecular flexibility index (Phi) is 5.40. The van der Waals surface area contributed by atoms with E-state index in [1.165, 1.54) is 11.8 Å². The molecule has 0 aromatic carbocycles. The first-order valence-corrected chi connectivity index (χ1v) is 6.73. The topological polar surface area (TPSA) is 72.7 Å². The molecule has 0 bridgehead atoms. The molecule has 1 atom stereocenters. The van der Waals surface area contributed by atoms with Gasteiger partial charge in [0.05, 0.1) is 11.8 Å². The average Bonchev–Trinajstić information content (AvgIpc) is 2.74. The van der Waals surface area contributed by atoms with Crippen LogP contribution in [0.5, 0.6) is 0 Å². The molecule has 0 aliphatic carbocycles. The molecule has 1 rings (SSSR count). The van der Waals surface area contributed by atoms with Crippen LogP contribution >= 0.6 is 11.8 Å². The van der Waals surface area contributed by atoms with Crippen LogP contribution in [0.3, 0.4) is 0 Å². The number of hydrogen-bond donors (Lipinski definition) is 1. The minimum absolute atomic E-state index is 0.0163. The number of carbonyl (C=O) groups excluding carboxylic acids is 1. The first-order chi connectivity index (χ1) is 8.04. The highest BCUT2D eigenvalue weighted by Gasteiger charge is 2.12. The van der Waals surface area contributed by atoms with Gasteiger partial charge in [0.1, 0.15) is 0 Å². The van der Waals surface area contributed by atoms with E-state index in [9.17, 15) is 4.79 Å². The quantitative estimate of drug-likeness (QED) is 0.777. The van der Waals surface area contributed by atoms with Gasteiger partial charge in [-0.2, -0.15) is 0 Å². The Morgan fingerprint density at radius 1 is 1.47 bits per heavy atom. The fourth-order valence-corrected chi connectivity index (χ4v) is 1.97. The molecule has 0 aliphatic heterocycles. The summed E-state index contributed by atoms with van der Waals surface area (Å²) in [5.41, 5.74) is 0. The number of aromatic nitrogens is 4. The summed E-state index contributed by atoms with van der Waals surface area (Å²) < 4.78 is 1.71. The van der Waals surface area contributed by atoms with E-state index in [1.54, 1.807) is 4.68 Å². The van der Waals surface area contributed by atoms with Gasteiger partial charge in [0.2, 0.25) is 11.1 Å². The second-order valence-corrected chi connectivity index (χ2v) is 5.11. The van der Waals surface area contributed by atoms with Crippen molar-refractivity contribution in [3.8, 4) is 0 Å². The fraction of sp³-hybridized carbons (Fsp3) is 0.800. The van der Waals surface area contributed by atoms with E-state index >= 15 is 0 Å². The Balaban J connectivity index is 2.45. The van der Waals surface area contributed by atoms with Gasteiger partial charge in [-0.05, 0) is 37.6 Å². The molecule has 6 nitrogen and oxygen atoms in total. The smallest absolute Gasteiger partial charge is 0.230 e. The summed E-state index contributed by atoms with van der Waals surface area (Å²) in [4.78, 5) is 11.6. The molecule has 0 spiro atoms. The van der Waals surface area contributed by atoms with Crippen LogP contribution in [0.25, 0.3) is 0 Å². The van der Waals surface area contributed by atoms with Crippen molar-refractivity contribution in [1.82, 2.24) is 25.5 Å². The molecule has 0 radical (unpaired) electrons. The molecule has 0 fully saturated rings. The second-order valence-electron chi connectivity index (χ2n) is 4.17. The standard InChI is InChI=1S/C10H19N5OS/c1-5-8(4)11-9(16)6-17-10-12-13-14-15(10)7(2)3/h7-8H,5-6H2,1-4H3,(H,11,16)/t8-/m1/s1. The number of hydrogen-bond acceptors (Lipinski definition) is 5. The molecule has 1 N–H and O–H groups in total. The molecule has 1 aromatic heterocycles. The van der Waals surface area contributed by atoms with Crippen molar-refractivity contribution in [1.29, 1.82) is 0 Å². The van der Waals surface area contributed by atoms with Crippen LogP contribution in [0.15, 0.2) is 5.16 Å². The zero-order chi connectivity index (χ0) is 12.8. The van der Waals surface area contributed by atoms with Crippen LogP contribution in [0.4, 0.5) is 0 Å². The van der Waals surface area contributed by atoms with Gasteiger partial charge in [0.25, 0.3) is 0 Å². The van der Waals surface area contributed by atoms with Gasteiger partial charge >= 0.3 is 0 Å². The van der Waals surface area contributed by atoms with Crippen molar-refractivity contribution < 1.29 is 4.79 Å². The van der Waals surface area contributed by atoms with Crippen molar-refractivity contribution >= 4 is 17.7 Å². The Morgan fingerprint density at radius 3 is 2.76 bits per heavy atom. The number of thioether (sulfide) groups is 1. The molecule has 7 heteroatoms. The summed E-state index contributed by atoms with van der Waals surface area (Å²) in [5.74, 6) is 0.361. The summed E-state index contributed by atoms with van der Waals surface area (Å²) in [6.07, 6.45) is 0.931. The lowest BCUT2D eigenvalue weighted by Gasteiger charge is -2.11. The van der Waals surface area contributed by atoms with E-state index < -0.39 is 0 Å². The predicted octanol–water partition coefficient (Wildman–Crippen LogP) is 1.26. The number of tetrazole rings is 1. The van der Waals surface area contributed by atoms with Crippen LogP contribution < -0.4 is 5.32 Å². The molecule has 0 saturated heterocycles. The SMILES string of the molecule is CC[C@@H](C)NC(=O)CSc1nnnn1C(C)C. The van der Waals surface area contributed by atoms with Crippen LogP contribution in [0.2, 0.25) is 0 Å². The molecule has 1 aromatic rings. The third-order valence-electron chi connectivity index (χ3n) is 2.30. The number of carbonyl (C=O) groups is 1. The van der Waals surface area contributed by atoms with E-state index in [0.717, 1.165) is 6.42 Å². The first-order valence-electron chi connectivity index (χ1n) is 5.74. The van der Waals surface area contributed by atoms with E-state index in [0.29, 0.717) is 10.9 Å². The lowest BCUT2D eigenvalue weighted by Crippen LogP contribution is -2.33. The lowest BCUT2D eigenvalue weighted by molar-refractivity contribution is -0.119. The Hall–Kier alpha value is -1.11. The van der Waals surface area contributed by atoms with Crippen LogP contribution in [0.1, 0.15) is 40.2 Å². The highest BCUT2D eigenvalue weighted by Crippen LogP contribution is 2.16. The third-order valence-corrected chi connectivity index (χ3v) is 3.24. The van der Waals surface area contributed by atoms with Crippen LogP contribution in [0, 0.1) is 0 Å². The van der Waals surface area contributed by atoms with Crippen molar-refractivity contribution in [3.63, 3.8) is 0 Å². The predicted molar refractivity (Wildman–Crippen MR) is 66.8 cm³/mol. The van der Waals surface area contributed by atoms with Gasteiger partial charge in [-0.1, -0.05) is 18.7 Å². The number of rotatable bonds is 6. The van der Waals surface area contributed by atoms with Crippen LogP contribution in [-0.2, 0) is 4.79 Å². The molecular formula is C10H19N5OS. The maximum Gasteiger partial charge on any atom is 0.230 e. The molecule has 0 saturated carbocycles. The molecule has 1 heterocycles. The monoisotopic (exact) mass is 257 g/mol. The summed E-state index contributed by atoms with van der Waals surface area (Å²) in [6, 6.07) is 0.411. The van der Waals surface area contributed by atoms with E-state index in [4.69, 9.17) is 0 Å². The van der Waals surface area contributed by atoms with E-state index in [1.807, 2.05) is 27.7 Å². The highest BCUT2D eigenvalue weighted by atomic mass is 32.2. The van der Waals surface area contributed by atoms with E-state index in [2.05, 4.69) is 20.8 Å². The molecule has 0 unspecified atom stereocenters. The minimum Gasteiger partial charge on any atom is -0.353 e. The fourth-order valence-electron chi connectivity index (χ4n) is 1.15. The van der Waals surface area contributed by atoms with Crippen molar-refractivity contribution in [2.24, 2.45) is 0 Å². The molecule has 96 valence electrons. The average molecular weight is 257 g/mol. The number of nitrogens with one attached hydrogen (secondary N) is 1. The van der Waals surface area contributed by atoms with Gasteiger partial charge < -0.3 is 5.32 Å². The van der Waals surface area contributed by atoms with Gasteiger partial charge in [-0.15, -0.1) is 5.10 Å². The Bertz CT molecular complexity index is 365. The minimum atomic E-state index is 0.0163.